The first-order valence-corrected chi connectivity index (χ1v) is 9.52. The van der Waals surface area contributed by atoms with Crippen LogP contribution in [-0.4, -0.2) is 34.4 Å². The van der Waals surface area contributed by atoms with E-state index in [0.29, 0.717) is 5.92 Å². The molecule has 136 valence electrons. The zero-order valence-corrected chi connectivity index (χ0v) is 15.8. The second-order valence-corrected chi connectivity index (χ2v) is 8.79. The summed E-state index contributed by atoms with van der Waals surface area (Å²) in [6.45, 7) is 15.0. The molecule has 4 heteroatoms. The number of carbonyl (C=O) groups excluding carboxylic acids is 1. The van der Waals surface area contributed by atoms with Crippen molar-refractivity contribution in [2.24, 2.45) is 23.7 Å². The highest BCUT2D eigenvalue weighted by Crippen LogP contribution is 2.66. The van der Waals surface area contributed by atoms with Gasteiger partial charge in [-0.15, -0.1) is 0 Å². The number of carbonyl (C=O) groups is 1. The highest BCUT2D eigenvalue weighted by molar-refractivity contribution is 5.80. The van der Waals surface area contributed by atoms with E-state index in [-0.39, 0.29) is 23.7 Å². The van der Waals surface area contributed by atoms with E-state index in [2.05, 4.69) is 25.7 Å². The number of likely N-dealkylation sites (N-methyl/N-ethyl adjacent to an activating group) is 1. The molecule has 0 aromatic carbocycles. The second-order valence-electron chi connectivity index (χ2n) is 8.79. The Hall–Kier alpha value is -0.870. The molecule has 24 heavy (non-hydrogen) atoms. The van der Waals surface area contributed by atoms with Crippen molar-refractivity contribution in [3.63, 3.8) is 0 Å². The molecule has 0 aromatic rings. The molecule has 2 N–H and O–H groups in total. The van der Waals surface area contributed by atoms with E-state index in [1.54, 1.807) is 0 Å². The van der Waals surface area contributed by atoms with Gasteiger partial charge in [-0.3, -0.25) is 4.79 Å². The van der Waals surface area contributed by atoms with Crippen molar-refractivity contribution in [1.82, 2.24) is 5.32 Å². The molecule has 0 heterocycles. The lowest BCUT2D eigenvalue weighted by Gasteiger charge is -2.66. The van der Waals surface area contributed by atoms with Crippen molar-refractivity contribution in [3.8, 4) is 0 Å². The Morgan fingerprint density at radius 2 is 2.08 bits per heavy atom. The lowest BCUT2D eigenvalue weighted by Crippen LogP contribution is -2.70. The third-order valence-electron chi connectivity index (χ3n) is 7.27. The van der Waals surface area contributed by atoms with Crippen LogP contribution in [0.2, 0.25) is 0 Å². The Kier molecular flexibility index (Phi) is 4.16. The van der Waals surface area contributed by atoms with Crippen molar-refractivity contribution in [3.05, 3.63) is 12.2 Å². The van der Waals surface area contributed by atoms with Gasteiger partial charge in [-0.05, 0) is 63.5 Å². The third kappa shape index (κ3) is 2.22. The molecule has 6 unspecified atom stereocenters. The molecule has 4 aliphatic rings. The van der Waals surface area contributed by atoms with Gasteiger partial charge in [-0.1, -0.05) is 27.4 Å². The predicted molar refractivity (Wildman–Crippen MR) is 94.4 cm³/mol. The number of hydrogen-bond donors (Lipinski definition) is 2. The molecular weight excluding hydrogens is 302 g/mol. The number of esters is 1. The van der Waals surface area contributed by atoms with E-state index >= 15 is 0 Å². The predicted octanol–water partition coefficient (Wildman–Crippen LogP) is 3.05. The largest absolute Gasteiger partial charge is 0.457 e. The highest BCUT2D eigenvalue weighted by atomic mass is 16.6. The Balaban J connectivity index is 1.95. The van der Waals surface area contributed by atoms with Gasteiger partial charge in [0.25, 0.3) is 0 Å². The quantitative estimate of drug-likeness (QED) is 0.599. The summed E-state index contributed by atoms with van der Waals surface area (Å²) in [5.41, 5.74) is -1.08. The van der Waals surface area contributed by atoms with Crippen molar-refractivity contribution in [2.45, 2.75) is 77.0 Å². The number of nitrogens with one attached hydrogen (secondary N) is 1. The van der Waals surface area contributed by atoms with E-state index in [4.69, 9.17) is 4.74 Å². The average molecular weight is 335 g/mol. The normalized spacial score (nSPS) is 44.0. The smallest absolute Gasteiger partial charge is 0.326 e. The first-order chi connectivity index (χ1) is 11.1. The molecule has 0 aliphatic heterocycles. The first kappa shape index (κ1) is 17.9. The van der Waals surface area contributed by atoms with Crippen LogP contribution in [0.25, 0.3) is 0 Å². The Morgan fingerprint density at radius 1 is 1.42 bits per heavy atom. The summed E-state index contributed by atoms with van der Waals surface area (Å²) in [7, 11) is 0. The van der Waals surface area contributed by atoms with Gasteiger partial charge in [-0.2, -0.15) is 0 Å². The number of rotatable bonds is 5. The fraction of sp³-hybridized carbons (Fsp3) is 0.850. The second kappa shape index (κ2) is 5.57. The molecule has 4 rings (SSSR count). The van der Waals surface area contributed by atoms with Crippen LogP contribution >= 0.6 is 0 Å². The topological polar surface area (TPSA) is 58.6 Å². The number of ether oxygens (including phenoxy) is 1. The van der Waals surface area contributed by atoms with E-state index in [0.717, 1.165) is 37.8 Å². The van der Waals surface area contributed by atoms with Crippen LogP contribution in [0, 0.1) is 23.7 Å². The molecule has 0 aromatic heterocycles. The number of hydrogen-bond acceptors (Lipinski definition) is 4. The van der Waals surface area contributed by atoms with Crippen molar-refractivity contribution < 1.29 is 14.6 Å². The van der Waals surface area contributed by atoms with E-state index in [9.17, 15) is 9.90 Å². The molecule has 0 spiro atoms. The zero-order valence-electron chi connectivity index (χ0n) is 15.8. The van der Waals surface area contributed by atoms with Crippen LogP contribution in [0.1, 0.15) is 60.3 Å². The molecular formula is C20H33NO3. The van der Waals surface area contributed by atoms with Gasteiger partial charge >= 0.3 is 5.97 Å². The SMILES string of the molecule is C=C1C2CC3CC(C(C)C1(O)C3)C2(CC)OC(=O)C(C)(C)NCC. The van der Waals surface area contributed by atoms with Gasteiger partial charge in [0.15, 0.2) is 0 Å². The molecule has 4 aliphatic carbocycles. The summed E-state index contributed by atoms with van der Waals surface area (Å²) in [5.74, 6) is 0.741. The molecule has 4 fully saturated rings. The van der Waals surface area contributed by atoms with Crippen molar-refractivity contribution >= 4 is 5.97 Å². The van der Waals surface area contributed by atoms with E-state index in [1.165, 1.54) is 0 Å². The van der Waals surface area contributed by atoms with E-state index in [1.807, 2.05) is 20.8 Å². The number of aliphatic hydroxyl groups is 1. The Labute approximate surface area is 146 Å². The van der Waals surface area contributed by atoms with Crippen LogP contribution in [0.3, 0.4) is 0 Å². The summed E-state index contributed by atoms with van der Waals surface area (Å²) in [6, 6.07) is 0. The van der Waals surface area contributed by atoms with Crippen molar-refractivity contribution in [2.75, 3.05) is 6.54 Å². The molecule has 6 atom stereocenters. The zero-order chi connectivity index (χ0) is 17.9. The van der Waals surface area contributed by atoms with Crippen LogP contribution in [0.15, 0.2) is 12.2 Å². The first-order valence-electron chi connectivity index (χ1n) is 9.52. The summed E-state index contributed by atoms with van der Waals surface area (Å²) in [6.07, 6.45) is 3.65. The van der Waals surface area contributed by atoms with Gasteiger partial charge in [0.1, 0.15) is 11.1 Å². The summed E-state index contributed by atoms with van der Waals surface area (Å²) in [4.78, 5) is 12.9. The van der Waals surface area contributed by atoms with Crippen molar-refractivity contribution in [1.29, 1.82) is 0 Å². The Bertz CT molecular complexity index is 557. The van der Waals surface area contributed by atoms with Gasteiger partial charge in [0.05, 0.1) is 5.60 Å². The van der Waals surface area contributed by atoms with Gasteiger partial charge in [0, 0.05) is 11.8 Å². The van der Waals surface area contributed by atoms with Crippen LogP contribution < -0.4 is 5.32 Å². The standard InChI is InChI=1S/C20H33NO3/c1-7-20(24-17(22)18(5,6)21-8-2)15-9-14-10-16(20)13(4)19(23,11-14)12(15)3/h13-16,21,23H,3,7-11H2,1-2,4-6H3. The Morgan fingerprint density at radius 3 is 2.67 bits per heavy atom. The minimum Gasteiger partial charge on any atom is -0.457 e. The van der Waals surface area contributed by atoms with Gasteiger partial charge < -0.3 is 15.2 Å². The maximum atomic E-state index is 12.9. The van der Waals surface area contributed by atoms with Crippen LogP contribution in [0.4, 0.5) is 0 Å². The lowest BCUT2D eigenvalue weighted by atomic mass is 9.42. The van der Waals surface area contributed by atoms with Gasteiger partial charge in [-0.25, -0.2) is 0 Å². The van der Waals surface area contributed by atoms with E-state index < -0.39 is 16.7 Å². The van der Waals surface area contributed by atoms with Gasteiger partial charge in [0.2, 0.25) is 0 Å². The summed E-state index contributed by atoms with van der Waals surface area (Å²) < 4.78 is 6.29. The molecule has 4 saturated carbocycles. The summed E-state index contributed by atoms with van der Waals surface area (Å²) >= 11 is 0. The minimum atomic E-state index is -0.765. The average Bonchev–Trinajstić information content (AvgIpc) is 2.52. The molecule has 4 bridgehead atoms. The molecule has 0 saturated heterocycles. The monoisotopic (exact) mass is 335 g/mol. The van der Waals surface area contributed by atoms with Crippen LogP contribution in [0.5, 0.6) is 0 Å². The lowest BCUT2D eigenvalue weighted by molar-refractivity contribution is -0.241. The molecule has 0 amide bonds. The van der Waals surface area contributed by atoms with Crippen LogP contribution in [-0.2, 0) is 9.53 Å². The highest BCUT2D eigenvalue weighted by Gasteiger charge is 2.68. The minimum absolute atomic E-state index is 0.0857. The summed E-state index contributed by atoms with van der Waals surface area (Å²) in [5, 5.41) is 14.4. The third-order valence-corrected chi connectivity index (χ3v) is 7.27. The molecule has 0 radical (unpaired) electrons. The fourth-order valence-corrected chi connectivity index (χ4v) is 5.90. The maximum Gasteiger partial charge on any atom is 0.326 e. The fourth-order valence-electron chi connectivity index (χ4n) is 5.90. The maximum absolute atomic E-state index is 12.9. The molecule has 4 nitrogen and oxygen atoms in total.